The van der Waals surface area contributed by atoms with Crippen molar-refractivity contribution in [1.82, 2.24) is 14.9 Å². The van der Waals surface area contributed by atoms with E-state index in [1.165, 1.54) is 29.6 Å². The maximum absolute atomic E-state index is 4.57. The van der Waals surface area contributed by atoms with Crippen LogP contribution in [0.4, 0.5) is 16.5 Å². The normalized spacial score (nSPS) is 15.1. The average Bonchev–Trinajstić information content (AvgIpc) is 3.47. The lowest BCUT2D eigenvalue weighted by atomic mass is 10.1. The van der Waals surface area contributed by atoms with Gasteiger partial charge < -0.3 is 15.2 Å². The smallest absolute Gasteiger partial charge is 0.187 e. The molecule has 0 unspecified atom stereocenters. The van der Waals surface area contributed by atoms with Gasteiger partial charge in [-0.25, -0.2) is 4.98 Å². The van der Waals surface area contributed by atoms with Crippen molar-refractivity contribution in [2.45, 2.75) is 13.3 Å². The first-order chi connectivity index (χ1) is 15.8. The number of rotatable bonds is 7. The van der Waals surface area contributed by atoms with Crippen LogP contribution in [0.1, 0.15) is 23.8 Å². The van der Waals surface area contributed by atoms with Crippen LogP contribution < -0.4 is 10.2 Å². The Balaban J connectivity index is 1.22. The first-order valence-corrected chi connectivity index (χ1v) is 12.1. The fourth-order valence-corrected chi connectivity index (χ4v) is 4.96. The van der Waals surface area contributed by atoms with Gasteiger partial charge in [0.1, 0.15) is 0 Å². The highest BCUT2D eigenvalue weighted by Crippen LogP contribution is 2.27. The summed E-state index contributed by atoms with van der Waals surface area (Å²) in [4.78, 5) is 14.0. The van der Waals surface area contributed by atoms with Crippen molar-refractivity contribution < 1.29 is 0 Å². The van der Waals surface area contributed by atoms with Gasteiger partial charge in [0.15, 0.2) is 5.13 Å². The predicted molar refractivity (Wildman–Crippen MR) is 138 cm³/mol. The van der Waals surface area contributed by atoms with E-state index in [2.05, 4.69) is 92.7 Å². The number of hydrogen-bond donors (Lipinski definition) is 2. The molecule has 0 saturated carbocycles. The Morgan fingerprint density at radius 1 is 1.06 bits per heavy atom. The van der Waals surface area contributed by atoms with E-state index in [9.17, 15) is 0 Å². The highest BCUT2D eigenvalue weighted by Gasteiger charge is 2.16. The van der Waals surface area contributed by atoms with E-state index in [1.54, 1.807) is 11.3 Å². The summed E-state index contributed by atoms with van der Waals surface area (Å²) in [6, 6.07) is 17.2. The van der Waals surface area contributed by atoms with E-state index in [0.29, 0.717) is 0 Å². The fraction of sp³-hybridized carbons (Fsp3) is 0.269. The average molecular weight is 444 g/mol. The van der Waals surface area contributed by atoms with Crippen LogP contribution in [-0.4, -0.2) is 47.6 Å². The first kappa shape index (κ1) is 20.8. The van der Waals surface area contributed by atoms with E-state index < -0.39 is 0 Å². The summed E-state index contributed by atoms with van der Waals surface area (Å²) in [6.07, 6.45) is 9.40. The maximum atomic E-state index is 4.57. The largest absolute Gasteiger partial charge is 0.369 e. The fourth-order valence-electron chi connectivity index (χ4n) is 4.22. The molecule has 2 N–H and O–H groups in total. The molecule has 5 nitrogen and oxygen atoms in total. The van der Waals surface area contributed by atoms with Crippen LogP contribution in [0.2, 0.25) is 0 Å². The quantitative estimate of drug-likeness (QED) is 0.364. The van der Waals surface area contributed by atoms with Crippen LogP contribution in [0.3, 0.4) is 0 Å². The summed E-state index contributed by atoms with van der Waals surface area (Å²) >= 11 is 1.66. The van der Waals surface area contributed by atoms with E-state index >= 15 is 0 Å². The number of H-pyrrole nitrogens is 1. The number of fused-ring (bicyclic) bond motifs is 1. The molecule has 0 amide bonds. The minimum Gasteiger partial charge on any atom is -0.369 e. The first-order valence-electron chi connectivity index (χ1n) is 11.3. The zero-order valence-corrected chi connectivity index (χ0v) is 19.2. The van der Waals surface area contributed by atoms with Crippen LogP contribution in [0.15, 0.2) is 60.9 Å². The molecular weight excluding hydrogens is 414 g/mol. The van der Waals surface area contributed by atoms with Gasteiger partial charge in [0.05, 0.1) is 0 Å². The predicted octanol–water partition coefficient (Wildman–Crippen LogP) is 6.07. The van der Waals surface area contributed by atoms with Crippen molar-refractivity contribution in [3.8, 4) is 0 Å². The molecule has 4 aromatic rings. The summed E-state index contributed by atoms with van der Waals surface area (Å²) in [6.45, 7) is 7.92. The lowest BCUT2D eigenvalue weighted by Gasteiger charge is -2.36. The van der Waals surface area contributed by atoms with Gasteiger partial charge in [-0.1, -0.05) is 36.5 Å². The monoisotopic (exact) mass is 443 g/mol. The second-order valence-corrected chi connectivity index (χ2v) is 9.29. The molecule has 3 heterocycles. The highest BCUT2D eigenvalue weighted by atomic mass is 32.1. The molecule has 0 aliphatic carbocycles. The Morgan fingerprint density at radius 3 is 2.84 bits per heavy atom. The Kier molecular flexibility index (Phi) is 6.23. The molecule has 164 valence electrons. The van der Waals surface area contributed by atoms with E-state index in [4.69, 9.17) is 0 Å². The highest BCUT2D eigenvalue weighted by molar-refractivity contribution is 7.16. The molecule has 5 rings (SSSR count). The van der Waals surface area contributed by atoms with Gasteiger partial charge in [-0.15, -0.1) is 0 Å². The molecule has 2 aromatic heterocycles. The summed E-state index contributed by atoms with van der Waals surface area (Å²) in [5, 5.41) is 5.62. The lowest BCUT2D eigenvalue weighted by Crippen LogP contribution is -2.46. The minimum absolute atomic E-state index is 0.913. The molecule has 1 saturated heterocycles. The number of piperazine rings is 1. The summed E-state index contributed by atoms with van der Waals surface area (Å²) in [5.41, 5.74) is 4.72. The molecule has 0 atom stereocenters. The van der Waals surface area contributed by atoms with Crippen LogP contribution in [0.5, 0.6) is 0 Å². The molecular formula is C26H29N5S. The van der Waals surface area contributed by atoms with E-state index in [1.807, 2.05) is 12.4 Å². The van der Waals surface area contributed by atoms with Crippen molar-refractivity contribution >= 4 is 50.9 Å². The zero-order chi connectivity index (χ0) is 21.8. The standard InChI is InChI=1S/C26H29N5S/c1-2-12-30-13-15-31(16-14-30)23-5-3-4-22(18-23)29-26-28-19-24(32-26)8-6-20-7-9-25-21(17-20)10-11-27-25/h3-11,17-19,27H,2,12-16H2,1H3,(H,28,29). The van der Waals surface area contributed by atoms with Gasteiger partial charge in [-0.05, 0) is 66.4 Å². The third-order valence-electron chi connectivity index (χ3n) is 5.92. The van der Waals surface area contributed by atoms with Crippen molar-refractivity contribution in [3.05, 3.63) is 71.4 Å². The Bertz CT molecular complexity index is 1200. The van der Waals surface area contributed by atoms with Crippen LogP contribution in [0.25, 0.3) is 23.1 Å². The van der Waals surface area contributed by atoms with Gasteiger partial charge in [-0.3, -0.25) is 4.90 Å². The van der Waals surface area contributed by atoms with Gasteiger partial charge in [0, 0.05) is 60.3 Å². The summed E-state index contributed by atoms with van der Waals surface area (Å²) < 4.78 is 0. The van der Waals surface area contributed by atoms with Gasteiger partial charge in [-0.2, -0.15) is 0 Å². The Morgan fingerprint density at radius 2 is 1.97 bits per heavy atom. The molecule has 32 heavy (non-hydrogen) atoms. The topological polar surface area (TPSA) is 47.2 Å². The Labute approximate surface area is 193 Å². The molecule has 0 spiro atoms. The third-order valence-corrected chi connectivity index (χ3v) is 6.79. The van der Waals surface area contributed by atoms with Crippen molar-refractivity contribution in [1.29, 1.82) is 0 Å². The number of nitrogens with zero attached hydrogens (tertiary/aromatic N) is 3. The van der Waals surface area contributed by atoms with Gasteiger partial charge in [0.2, 0.25) is 0 Å². The second kappa shape index (κ2) is 9.59. The van der Waals surface area contributed by atoms with Crippen molar-refractivity contribution in [3.63, 3.8) is 0 Å². The molecule has 0 bridgehead atoms. The van der Waals surface area contributed by atoms with Gasteiger partial charge in [0.25, 0.3) is 0 Å². The summed E-state index contributed by atoms with van der Waals surface area (Å²) in [7, 11) is 0. The number of aromatic nitrogens is 2. The van der Waals surface area contributed by atoms with E-state index in [0.717, 1.165) is 47.4 Å². The number of anilines is 3. The number of nitrogens with one attached hydrogen (secondary N) is 2. The van der Waals surface area contributed by atoms with Crippen LogP contribution >= 0.6 is 11.3 Å². The number of aromatic amines is 1. The number of thiazole rings is 1. The van der Waals surface area contributed by atoms with Crippen LogP contribution in [0, 0.1) is 0 Å². The van der Waals surface area contributed by atoms with Crippen molar-refractivity contribution in [2.24, 2.45) is 0 Å². The number of hydrogen-bond acceptors (Lipinski definition) is 5. The summed E-state index contributed by atoms with van der Waals surface area (Å²) in [5.74, 6) is 0. The van der Waals surface area contributed by atoms with Gasteiger partial charge >= 0.3 is 0 Å². The van der Waals surface area contributed by atoms with E-state index in [-0.39, 0.29) is 0 Å². The lowest BCUT2D eigenvalue weighted by molar-refractivity contribution is 0.258. The zero-order valence-electron chi connectivity index (χ0n) is 18.4. The number of benzene rings is 2. The molecule has 1 aliphatic rings. The molecule has 1 fully saturated rings. The van der Waals surface area contributed by atoms with Crippen molar-refractivity contribution in [2.75, 3.05) is 42.9 Å². The molecule has 2 aromatic carbocycles. The minimum atomic E-state index is 0.913. The molecule has 6 heteroatoms. The third kappa shape index (κ3) is 4.87. The molecule has 0 radical (unpaired) electrons. The second-order valence-electron chi connectivity index (χ2n) is 8.23. The Hall–Kier alpha value is -3.09. The molecule has 1 aliphatic heterocycles. The van der Waals surface area contributed by atoms with Crippen LogP contribution in [-0.2, 0) is 0 Å². The SMILES string of the molecule is CCCN1CCN(c2cccc(Nc3ncc(C=Cc4ccc5[nH]ccc5c4)s3)c2)CC1. The maximum Gasteiger partial charge on any atom is 0.187 e.